The summed E-state index contributed by atoms with van der Waals surface area (Å²) in [6.07, 6.45) is 9.45. The van der Waals surface area contributed by atoms with Crippen LogP contribution >= 0.6 is 0 Å². The van der Waals surface area contributed by atoms with Crippen LogP contribution in [-0.2, 0) is 4.84 Å². The van der Waals surface area contributed by atoms with E-state index in [2.05, 4.69) is 17.4 Å². The first-order valence-corrected chi connectivity index (χ1v) is 5.84. The van der Waals surface area contributed by atoms with Crippen molar-refractivity contribution in [3.05, 3.63) is 41.7 Å². The van der Waals surface area contributed by atoms with E-state index in [-0.39, 0.29) is 0 Å². The lowest BCUT2D eigenvalue weighted by Crippen LogP contribution is -1.93. The van der Waals surface area contributed by atoms with Gasteiger partial charge in [0.2, 0.25) is 0 Å². The van der Waals surface area contributed by atoms with Crippen molar-refractivity contribution < 1.29 is 9.57 Å². The van der Waals surface area contributed by atoms with Crippen LogP contribution in [-0.4, -0.2) is 13.3 Å². The lowest BCUT2D eigenvalue weighted by molar-refractivity contribution is 0.210. The molecule has 0 aromatic heterocycles. The zero-order valence-electron chi connectivity index (χ0n) is 9.98. The summed E-state index contributed by atoms with van der Waals surface area (Å²) >= 11 is 0. The van der Waals surface area contributed by atoms with Crippen LogP contribution < -0.4 is 4.74 Å². The van der Waals surface area contributed by atoms with Crippen LogP contribution in [0.15, 0.2) is 41.3 Å². The van der Waals surface area contributed by atoms with E-state index in [1.165, 1.54) is 12.8 Å². The number of hydrogen-bond donors (Lipinski definition) is 0. The Morgan fingerprint density at radius 3 is 2.65 bits per heavy atom. The van der Waals surface area contributed by atoms with Crippen LogP contribution in [0, 0.1) is 0 Å². The molecular weight excluding hydrogens is 214 g/mol. The van der Waals surface area contributed by atoms with Gasteiger partial charge in [0.05, 0.1) is 7.11 Å². The lowest BCUT2D eigenvalue weighted by atomic mass is 10.1. The average Bonchev–Trinajstić information content (AvgIpc) is 2.41. The second-order valence-corrected chi connectivity index (χ2v) is 3.94. The van der Waals surface area contributed by atoms with Gasteiger partial charge in [-0.25, -0.2) is 0 Å². The predicted octanol–water partition coefficient (Wildman–Crippen LogP) is 3.38. The molecule has 0 N–H and O–H groups in total. The van der Waals surface area contributed by atoms with Gasteiger partial charge in [-0.05, 0) is 49.6 Å². The highest BCUT2D eigenvalue weighted by atomic mass is 16.6. The molecule has 3 nitrogen and oxygen atoms in total. The first kappa shape index (κ1) is 11.7. The Balaban J connectivity index is 1.88. The number of methoxy groups -OCH3 is 1. The summed E-state index contributed by atoms with van der Waals surface area (Å²) in [5, 5.41) is 3.86. The summed E-state index contributed by atoms with van der Waals surface area (Å²) in [5.41, 5.74) is 0.877. The molecule has 1 aromatic rings. The molecule has 0 aliphatic heterocycles. The molecule has 0 fully saturated rings. The minimum absolute atomic E-state index is 0.825. The van der Waals surface area contributed by atoms with Crippen molar-refractivity contribution in [2.24, 2.45) is 5.16 Å². The van der Waals surface area contributed by atoms with Gasteiger partial charge in [-0.1, -0.05) is 5.16 Å². The van der Waals surface area contributed by atoms with Crippen LogP contribution in [0.1, 0.15) is 31.2 Å². The Labute approximate surface area is 102 Å². The maximum absolute atomic E-state index is 5.29. The first-order valence-electron chi connectivity index (χ1n) is 5.84. The molecular formula is C14H16NO2. The molecule has 1 radical (unpaired) electrons. The average molecular weight is 230 g/mol. The second kappa shape index (κ2) is 6.09. The van der Waals surface area contributed by atoms with Crippen LogP contribution in [0.4, 0.5) is 0 Å². The van der Waals surface area contributed by atoms with Crippen molar-refractivity contribution in [1.82, 2.24) is 0 Å². The maximum Gasteiger partial charge on any atom is 0.140 e. The fourth-order valence-corrected chi connectivity index (χ4v) is 1.69. The van der Waals surface area contributed by atoms with Gasteiger partial charge < -0.3 is 9.57 Å². The summed E-state index contributed by atoms with van der Waals surface area (Å²) in [7, 11) is 1.64. The van der Waals surface area contributed by atoms with E-state index in [4.69, 9.17) is 9.57 Å². The van der Waals surface area contributed by atoms with Gasteiger partial charge in [-0.2, -0.15) is 0 Å². The molecule has 89 valence electrons. The summed E-state index contributed by atoms with van der Waals surface area (Å²) in [4.78, 5) is 5.29. The highest BCUT2D eigenvalue weighted by Gasteiger charge is 2.03. The Morgan fingerprint density at radius 2 is 2.00 bits per heavy atom. The van der Waals surface area contributed by atoms with Crippen molar-refractivity contribution in [2.45, 2.75) is 25.7 Å². The van der Waals surface area contributed by atoms with Crippen LogP contribution in [0.25, 0.3) is 0 Å². The minimum atomic E-state index is 0.825. The van der Waals surface area contributed by atoms with E-state index >= 15 is 0 Å². The van der Waals surface area contributed by atoms with Gasteiger partial charge >= 0.3 is 0 Å². The molecule has 0 atom stereocenters. The van der Waals surface area contributed by atoms with Gasteiger partial charge in [0, 0.05) is 12.0 Å². The Hall–Kier alpha value is -1.77. The van der Waals surface area contributed by atoms with Crippen LogP contribution in [0.2, 0.25) is 0 Å². The molecule has 3 heteroatoms. The quantitative estimate of drug-likeness (QED) is 0.586. The fourth-order valence-electron chi connectivity index (χ4n) is 1.69. The van der Waals surface area contributed by atoms with Crippen molar-refractivity contribution in [3.8, 4) is 5.75 Å². The third-order valence-corrected chi connectivity index (χ3v) is 2.68. The number of nitrogens with zero attached hydrogens (tertiary/aromatic N) is 1. The zero-order valence-corrected chi connectivity index (χ0v) is 9.98. The standard InChI is InChI=1S/C14H16NO2/c1-16-13-9-7-12(8-10-13)11-15-17-14-5-3-2-4-6-14/h5,7-10H,2-4,6H2,1H3. The topological polar surface area (TPSA) is 30.8 Å². The van der Waals surface area contributed by atoms with E-state index in [0.717, 1.165) is 29.9 Å². The number of rotatable bonds is 4. The Morgan fingerprint density at radius 1 is 1.18 bits per heavy atom. The molecule has 0 saturated carbocycles. The largest absolute Gasteiger partial charge is 0.497 e. The molecule has 0 bridgehead atoms. The Kier molecular flexibility index (Phi) is 4.19. The predicted molar refractivity (Wildman–Crippen MR) is 67.2 cm³/mol. The summed E-state index contributed by atoms with van der Waals surface area (Å²) in [6, 6.07) is 7.53. The van der Waals surface area contributed by atoms with Gasteiger partial charge in [0.15, 0.2) is 0 Å². The zero-order chi connectivity index (χ0) is 11.9. The molecule has 17 heavy (non-hydrogen) atoms. The van der Waals surface area contributed by atoms with E-state index in [1.54, 1.807) is 7.11 Å². The van der Waals surface area contributed by atoms with Crippen molar-refractivity contribution >= 4 is 6.21 Å². The van der Waals surface area contributed by atoms with E-state index < -0.39 is 0 Å². The Bertz CT molecular complexity index is 407. The van der Waals surface area contributed by atoms with E-state index in [1.807, 2.05) is 24.3 Å². The van der Waals surface area contributed by atoms with Crippen molar-refractivity contribution in [3.63, 3.8) is 0 Å². The smallest absolute Gasteiger partial charge is 0.140 e. The summed E-state index contributed by atoms with van der Waals surface area (Å²) < 4.78 is 5.07. The number of benzene rings is 1. The molecule has 0 unspecified atom stereocenters. The summed E-state index contributed by atoms with van der Waals surface area (Å²) in [5.74, 6) is 1.78. The van der Waals surface area contributed by atoms with E-state index in [0.29, 0.717) is 0 Å². The fraction of sp³-hybridized carbons (Fsp3) is 0.357. The van der Waals surface area contributed by atoms with Gasteiger partial charge in [-0.15, -0.1) is 0 Å². The van der Waals surface area contributed by atoms with Crippen LogP contribution in [0.3, 0.4) is 0 Å². The van der Waals surface area contributed by atoms with Crippen molar-refractivity contribution in [1.29, 1.82) is 0 Å². The molecule has 0 saturated heterocycles. The number of allylic oxidation sites excluding steroid dienone is 2. The SMILES string of the molecule is COc1ccc([C]=NOC2=CCCCC2)cc1. The van der Waals surface area contributed by atoms with Gasteiger partial charge in [0.25, 0.3) is 0 Å². The molecule has 0 heterocycles. The number of hydrogen-bond acceptors (Lipinski definition) is 3. The first-order chi connectivity index (χ1) is 8.38. The van der Waals surface area contributed by atoms with Gasteiger partial charge in [-0.3, -0.25) is 0 Å². The minimum Gasteiger partial charge on any atom is -0.497 e. The van der Waals surface area contributed by atoms with E-state index in [9.17, 15) is 0 Å². The number of ether oxygens (including phenoxy) is 1. The highest BCUT2D eigenvalue weighted by Crippen LogP contribution is 2.18. The highest BCUT2D eigenvalue weighted by molar-refractivity contribution is 5.79. The maximum atomic E-state index is 5.29. The molecule has 1 aromatic carbocycles. The summed E-state index contributed by atoms with van der Waals surface area (Å²) in [6.45, 7) is 0. The monoisotopic (exact) mass is 230 g/mol. The molecule has 0 amide bonds. The lowest BCUT2D eigenvalue weighted by Gasteiger charge is -2.08. The van der Waals surface area contributed by atoms with Crippen molar-refractivity contribution in [2.75, 3.05) is 7.11 Å². The normalized spacial score (nSPS) is 15.7. The molecule has 0 spiro atoms. The molecule has 2 rings (SSSR count). The molecule has 1 aliphatic carbocycles. The third kappa shape index (κ3) is 3.63. The third-order valence-electron chi connectivity index (χ3n) is 2.68. The van der Waals surface area contributed by atoms with Gasteiger partial charge in [0.1, 0.15) is 17.7 Å². The van der Waals surface area contributed by atoms with Crippen LogP contribution in [0.5, 0.6) is 5.75 Å². The second-order valence-electron chi connectivity index (χ2n) is 3.94. The molecule has 1 aliphatic rings.